The average molecular weight is 1140 g/mol. The van der Waals surface area contributed by atoms with Gasteiger partial charge in [-0.05, 0) is 165 Å². The van der Waals surface area contributed by atoms with Crippen LogP contribution in [0, 0.1) is 0 Å². The maximum Gasteiger partial charge on any atom is 0.203 e. The first kappa shape index (κ1) is 83.9. The third-order valence-corrected chi connectivity index (χ3v) is 10.1. The Morgan fingerprint density at radius 3 is 1.07 bits per heavy atom. The minimum Gasteiger partial charge on any atom is -0.493 e. The third-order valence-electron chi connectivity index (χ3n) is 10.1. The van der Waals surface area contributed by atoms with Crippen LogP contribution in [0.4, 0.5) is 0 Å². The molecule has 0 spiro atoms. The average Bonchev–Trinajstić information content (AvgIpc) is 3.62. The summed E-state index contributed by atoms with van der Waals surface area (Å²) in [4.78, 5) is 0. The van der Waals surface area contributed by atoms with Gasteiger partial charge in [0.2, 0.25) is 11.5 Å². The fourth-order valence-corrected chi connectivity index (χ4v) is 6.10. The van der Waals surface area contributed by atoms with Gasteiger partial charge >= 0.3 is 0 Å². The van der Waals surface area contributed by atoms with Crippen molar-refractivity contribution in [2.24, 2.45) is 0 Å². The third kappa shape index (κ3) is 37.1. The Labute approximate surface area is 503 Å². The first-order valence-electron chi connectivity index (χ1n) is 29.1. The predicted octanol–water partition coefficient (Wildman–Crippen LogP) is 21.5. The quantitative estimate of drug-likeness (QED) is 0.0335. The Kier molecular flexibility index (Phi) is 55.9. The summed E-state index contributed by atoms with van der Waals surface area (Å²) in [7, 11) is 9.84. The zero-order chi connectivity index (χ0) is 64.2. The van der Waals surface area contributed by atoms with Crippen LogP contribution in [0.1, 0.15) is 186 Å². The van der Waals surface area contributed by atoms with Gasteiger partial charge in [0.15, 0.2) is 46.0 Å². The molecule has 3 aromatic carbocycles. The highest BCUT2D eigenvalue weighted by atomic mass is 16.6. The van der Waals surface area contributed by atoms with E-state index in [-0.39, 0.29) is 12.2 Å². The van der Waals surface area contributed by atoms with Crippen molar-refractivity contribution in [1.82, 2.24) is 0 Å². The van der Waals surface area contributed by atoms with Crippen molar-refractivity contribution >= 4 is 24.3 Å². The zero-order valence-corrected chi connectivity index (χ0v) is 56.5. The molecule has 0 amide bonds. The molecule has 10 nitrogen and oxygen atoms in total. The molecule has 0 aromatic heterocycles. The SMILES string of the molecule is C=C(C)/C=C(/OC)C(OC(C)CC)=C(C)C.C=C(C)/C=C(/OC)C(OCCC)=C(C)C.C=CC.C=CC.CC.CC.CC.CCCOc1c(OC)cc(/C=C/c2ccc(/C=C/c3cc(OC)c(OC(C)CC)c(OC)c3)cc2)cc1OC. The molecule has 0 aliphatic carbocycles. The van der Waals surface area contributed by atoms with E-state index in [1.54, 1.807) is 54.8 Å². The molecule has 0 N–H and O–H groups in total. The second-order valence-corrected chi connectivity index (χ2v) is 17.8. The molecule has 0 fully saturated rings. The fraction of sp³-hybridized carbons (Fsp3) is 0.472. The molecule has 2 atom stereocenters. The van der Waals surface area contributed by atoms with Crippen molar-refractivity contribution in [2.45, 2.75) is 176 Å². The van der Waals surface area contributed by atoms with Gasteiger partial charge in [-0.3, -0.25) is 0 Å². The van der Waals surface area contributed by atoms with E-state index in [1.807, 2.05) is 152 Å². The van der Waals surface area contributed by atoms with Gasteiger partial charge in [0.25, 0.3) is 0 Å². The van der Waals surface area contributed by atoms with Crippen LogP contribution in [0.25, 0.3) is 24.3 Å². The van der Waals surface area contributed by atoms with Crippen molar-refractivity contribution in [3.05, 3.63) is 167 Å². The number of hydrogen-bond donors (Lipinski definition) is 0. The summed E-state index contributed by atoms with van der Waals surface area (Å²) in [6, 6.07) is 16.1. The van der Waals surface area contributed by atoms with E-state index >= 15 is 0 Å². The number of rotatable bonds is 26. The van der Waals surface area contributed by atoms with Crippen molar-refractivity contribution in [2.75, 3.05) is 55.9 Å². The van der Waals surface area contributed by atoms with Crippen LogP contribution < -0.4 is 28.4 Å². The summed E-state index contributed by atoms with van der Waals surface area (Å²) in [5, 5.41) is 0. The van der Waals surface area contributed by atoms with Gasteiger partial charge in [-0.15, -0.1) is 13.2 Å². The first-order valence-corrected chi connectivity index (χ1v) is 29.1. The minimum absolute atomic E-state index is 0.0602. The monoisotopic (exact) mass is 1140 g/mol. The van der Waals surface area contributed by atoms with Gasteiger partial charge in [0.1, 0.15) is 0 Å². The normalized spacial score (nSPS) is 10.8. The molecular formula is C72H116O10. The molecule has 82 heavy (non-hydrogen) atoms. The number of benzene rings is 3. The first-order chi connectivity index (χ1) is 39.2. The van der Waals surface area contributed by atoms with E-state index in [4.69, 9.17) is 47.4 Å². The van der Waals surface area contributed by atoms with Crippen LogP contribution in [0.3, 0.4) is 0 Å². The van der Waals surface area contributed by atoms with Crippen LogP contribution in [-0.2, 0) is 18.9 Å². The summed E-state index contributed by atoms with van der Waals surface area (Å²) < 4.78 is 56.3. The van der Waals surface area contributed by atoms with Gasteiger partial charge in [0.05, 0.1) is 68.1 Å². The number of allylic oxidation sites excluding steroid dienone is 8. The zero-order valence-electron chi connectivity index (χ0n) is 56.5. The molecule has 0 saturated heterocycles. The Balaban J connectivity index is -0.000000379. The van der Waals surface area contributed by atoms with Crippen LogP contribution >= 0.6 is 0 Å². The summed E-state index contributed by atoms with van der Waals surface area (Å²) in [5.41, 5.74) is 8.18. The molecule has 464 valence electrons. The Morgan fingerprint density at radius 1 is 0.476 bits per heavy atom. The highest BCUT2D eigenvalue weighted by Gasteiger charge is 2.17. The summed E-state index contributed by atoms with van der Waals surface area (Å²) >= 11 is 0. The lowest BCUT2D eigenvalue weighted by Gasteiger charge is -2.19. The molecule has 3 rings (SSSR count). The summed E-state index contributed by atoms with van der Waals surface area (Å²) in [6.07, 6.45) is 19.5. The maximum atomic E-state index is 6.04. The van der Waals surface area contributed by atoms with Gasteiger partial charge < -0.3 is 47.4 Å². The van der Waals surface area contributed by atoms with Crippen LogP contribution in [0.5, 0.6) is 34.5 Å². The molecule has 0 aliphatic rings. The second kappa shape index (κ2) is 54.6. The Morgan fingerprint density at radius 2 is 0.793 bits per heavy atom. The van der Waals surface area contributed by atoms with Crippen LogP contribution in [0.2, 0.25) is 0 Å². The van der Waals surface area contributed by atoms with E-state index in [0.717, 1.165) is 93.3 Å². The van der Waals surface area contributed by atoms with E-state index in [2.05, 4.69) is 97.4 Å². The smallest absolute Gasteiger partial charge is 0.203 e. The molecule has 10 heteroatoms. The predicted molar refractivity (Wildman–Crippen MR) is 359 cm³/mol. The standard InChI is InChI=1S/C33H40O6.C14H24O2.C13H22O2.2C3H6.3C2H6/c1-8-18-38-32-28(34-4)19-26(20-29(32)35-5)16-14-24-10-12-25(13-11-24)15-17-27-21-30(36-6)33(31(22-27)37-7)39-23(3)9-2;1-8-12(6)16-14(11(4)5)13(15-7)9-10(2)3;1-7-8-15-13(11(4)5)12(14-6)9-10(2)3;2*1-3-2;3*1-2/h10-17,19-23H,8-9,18H2,1-7H3;9,12H,2,8H2,1,3-7H3;9H,2,7-8H2,1,3-6H3;2*3H,1H2,2H3;3*1-2H3/b16-14+,17-15+;13-9+;12-9+;;;;;. The fourth-order valence-electron chi connectivity index (χ4n) is 6.10. The molecule has 0 bridgehead atoms. The van der Waals surface area contributed by atoms with Gasteiger partial charge in [-0.25, -0.2) is 0 Å². The Hall–Kier alpha value is -6.94. The molecule has 0 heterocycles. The lowest BCUT2D eigenvalue weighted by molar-refractivity contribution is 0.109. The van der Waals surface area contributed by atoms with Crippen molar-refractivity contribution in [3.8, 4) is 34.5 Å². The molecule has 2 unspecified atom stereocenters. The largest absolute Gasteiger partial charge is 0.493 e. The minimum atomic E-state index is 0.0602. The van der Waals surface area contributed by atoms with Crippen LogP contribution in [-0.4, -0.2) is 68.1 Å². The molecule has 0 saturated carbocycles. The van der Waals surface area contributed by atoms with Crippen molar-refractivity contribution in [1.29, 1.82) is 0 Å². The lowest BCUT2D eigenvalue weighted by Crippen LogP contribution is -2.11. The summed E-state index contributed by atoms with van der Waals surface area (Å²) in [6.45, 7) is 55.8. The molecule has 0 aliphatic heterocycles. The van der Waals surface area contributed by atoms with E-state index < -0.39 is 0 Å². The van der Waals surface area contributed by atoms with E-state index in [0.29, 0.717) is 47.7 Å². The second-order valence-electron chi connectivity index (χ2n) is 17.8. The van der Waals surface area contributed by atoms with Gasteiger partial charge in [0, 0.05) is 0 Å². The topological polar surface area (TPSA) is 92.3 Å². The number of hydrogen-bond acceptors (Lipinski definition) is 10. The number of ether oxygens (including phenoxy) is 10. The maximum absolute atomic E-state index is 6.04. The van der Waals surface area contributed by atoms with Gasteiger partial charge in [-0.1, -0.05) is 154 Å². The molecule has 3 aromatic rings. The number of methoxy groups -OCH3 is 6. The highest BCUT2D eigenvalue weighted by molar-refractivity contribution is 5.75. The van der Waals surface area contributed by atoms with E-state index in [9.17, 15) is 0 Å². The van der Waals surface area contributed by atoms with Crippen LogP contribution in [0.15, 0.2) is 144 Å². The summed E-state index contributed by atoms with van der Waals surface area (Å²) in [5.74, 6) is 6.97. The lowest BCUT2D eigenvalue weighted by atomic mass is 10.1. The molecular weight excluding hydrogens is 1020 g/mol. The van der Waals surface area contributed by atoms with Crippen molar-refractivity contribution in [3.63, 3.8) is 0 Å². The van der Waals surface area contributed by atoms with E-state index in [1.165, 1.54) is 0 Å². The molecule has 0 radical (unpaired) electrons. The highest BCUT2D eigenvalue weighted by Crippen LogP contribution is 2.41. The van der Waals surface area contributed by atoms with Gasteiger partial charge in [-0.2, -0.15) is 0 Å². The Bertz CT molecular complexity index is 2290. The van der Waals surface area contributed by atoms with Crippen molar-refractivity contribution < 1.29 is 47.4 Å².